The molecule has 0 aliphatic carbocycles. The van der Waals surface area contributed by atoms with Crippen molar-refractivity contribution in [1.29, 1.82) is 0 Å². The highest BCUT2D eigenvalue weighted by atomic mass is 16.5. The molecule has 0 unspecified atom stereocenters. The summed E-state index contributed by atoms with van der Waals surface area (Å²) in [6.45, 7) is 1.93. The second kappa shape index (κ2) is 7.27. The van der Waals surface area contributed by atoms with Crippen molar-refractivity contribution in [2.24, 2.45) is 7.05 Å². The Kier molecular flexibility index (Phi) is 4.64. The van der Waals surface area contributed by atoms with Crippen molar-refractivity contribution >= 4 is 11.6 Å². The molecule has 0 spiro atoms. The van der Waals surface area contributed by atoms with E-state index in [1.807, 2.05) is 37.3 Å². The molecular formula is C22H20N4O3. The molecule has 2 heterocycles. The smallest absolute Gasteiger partial charge is 0.282 e. The van der Waals surface area contributed by atoms with E-state index in [9.17, 15) is 9.59 Å². The molecule has 7 heteroatoms. The fraction of sp³-hybridized carbons (Fsp3) is 0.136. The minimum absolute atomic E-state index is 0.274. The number of ether oxygens (including phenoxy) is 1. The van der Waals surface area contributed by atoms with E-state index >= 15 is 0 Å². The fourth-order valence-electron chi connectivity index (χ4n) is 3.26. The van der Waals surface area contributed by atoms with E-state index < -0.39 is 0 Å². The molecule has 0 radical (unpaired) electrons. The molecule has 146 valence electrons. The fourth-order valence-corrected chi connectivity index (χ4v) is 3.26. The molecular weight excluding hydrogens is 368 g/mol. The number of nitrogens with one attached hydrogen (secondary N) is 1. The number of aromatic nitrogens is 3. The Hall–Kier alpha value is -3.87. The van der Waals surface area contributed by atoms with E-state index in [-0.39, 0.29) is 11.5 Å². The molecule has 0 bridgehead atoms. The molecule has 29 heavy (non-hydrogen) atoms. The van der Waals surface area contributed by atoms with Gasteiger partial charge in [-0.3, -0.25) is 9.59 Å². The molecule has 7 nitrogen and oxygen atoms in total. The zero-order valence-electron chi connectivity index (χ0n) is 16.3. The van der Waals surface area contributed by atoms with Crippen LogP contribution in [0.1, 0.15) is 15.9 Å². The Balaban J connectivity index is 1.81. The second-order valence-corrected chi connectivity index (χ2v) is 6.81. The van der Waals surface area contributed by atoms with Gasteiger partial charge in [-0.1, -0.05) is 24.3 Å². The third kappa shape index (κ3) is 3.38. The van der Waals surface area contributed by atoms with E-state index in [0.29, 0.717) is 33.9 Å². The first-order chi connectivity index (χ1) is 14.0. The van der Waals surface area contributed by atoms with Gasteiger partial charge in [0.1, 0.15) is 11.4 Å². The van der Waals surface area contributed by atoms with Crippen LogP contribution in [0.3, 0.4) is 0 Å². The number of para-hydroxylation sites is 1. The monoisotopic (exact) mass is 388 g/mol. The number of anilines is 1. The van der Waals surface area contributed by atoms with Crippen LogP contribution < -0.4 is 15.6 Å². The van der Waals surface area contributed by atoms with Gasteiger partial charge in [-0.15, -0.1) is 0 Å². The van der Waals surface area contributed by atoms with Crippen molar-refractivity contribution in [3.63, 3.8) is 0 Å². The van der Waals surface area contributed by atoms with Crippen LogP contribution in [0.15, 0.2) is 65.7 Å². The van der Waals surface area contributed by atoms with Crippen molar-refractivity contribution in [1.82, 2.24) is 14.3 Å². The van der Waals surface area contributed by atoms with Gasteiger partial charge in [0.25, 0.3) is 11.5 Å². The third-order valence-electron chi connectivity index (χ3n) is 4.65. The second-order valence-electron chi connectivity index (χ2n) is 6.81. The highest BCUT2D eigenvalue weighted by Crippen LogP contribution is 2.28. The van der Waals surface area contributed by atoms with Gasteiger partial charge in [0.15, 0.2) is 0 Å². The number of pyridine rings is 1. The lowest BCUT2D eigenvalue weighted by Gasteiger charge is -2.13. The number of rotatable bonds is 4. The Morgan fingerprint density at radius 2 is 1.86 bits per heavy atom. The highest BCUT2D eigenvalue weighted by molar-refractivity contribution is 6.08. The first-order valence-corrected chi connectivity index (χ1v) is 9.08. The molecule has 4 rings (SSSR count). The van der Waals surface area contributed by atoms with Gasteiger partial charge in [-0.05, 0) is 36.8 Å². The summed E-state index contributed by atoms with van der Waals surface area (Å²) in [6.07, 6.45) is 3.33. The van der Waals surface area contributed by atoms with Crippen LogP contribution in [-0.4, -0.2) is 27.4 Å². The average molecular weight is 388 g/mol. The SMILES string of the molecule is COc1ccc(C)cc1NC(=O)c1cn(C)cc2c(=O)n(-c3ccccc3)nc1-2. The van der Waals surface area contributed by atoms with Gasteiger partial charge in [0.05, 0.1) is 29.6 Å². The van der Waals surface area contributed by atoms with Crippen molar-refractivity contribution < 1.29 is 9.53 Å². The van der Waals surface area contributed by atoms with Crippen molar-refractivity contribution in [2.45, 2.75) is 6.92 Å². The van der Waals surface area contributed by atoms with Gasteiger partial charge in [0, 0.05) is 19.4 Å². The summed E-state index contributed by atoms with van der Waals surface area (Å²) in [7, 11) is 3.31. The minimum atomic E-state index is -0.368. The van der Waals surface area contributed by atoms with E-state index in [4.69, 9.17) is 4.74 Å². The highest BCUT2D eigenvalue weighted by Gasteiger charge is 2.24. The summed E-state index contributed by atoms with van der Waals surface area (Å²) < 4.78 is 8.34. The van der Waals surface area contributed by atoms with Gasteiger partial charge < -0.3 is 14.6 Å². The molecule has 2 aliphatic rings. The van der Waals surface area contributed by atoms with Crippen molar-refractivity contribution in [3.8, 4) is 22.7 Å². The molecule has 0 aromatic heterocycles. The van der Waals surface area contributed by atoms with Crippen LogP contribution in [-0.2, 0) is 7.05 Å². The lowest BCUT2D eigenvalue weighted by Crippen LogP contribution is -2.17. The molecule has 0 saturated carbocycles. The number of benzene rings is 2. The number of methoxy groups -OCH3 is 1. The average Bonchev–Trinajstić information content (AvgIpc) is 3.05. The van der Waals surface area contributed by atoms with E-state index in [1.165, 1.54) is 4.68 Å². The van der Waals surface area contributed by atoms with Crippen molar-refractivity contribution in [3.05, 3.63) is 82.4 Å². The van der Waals surface area contributed by atoms with Crippen LogP contribution in [0.4, 0.5) is 5.69 Å². The number of aryl methyl sites for hydroxylation is 2. The lowest BCUT2D eigenvalue weighted by atomic mass is 10.1. The zero-order chi connectivity index (χ0) is 20.5. The Bertz CT molecular complexity index is 1220. The minimum Gasteiger partial charge on any atom is -0.495 e. The third-order valence-corrected chi connectivity index (χ3v) is 4.65. The largest absolute Gasteiger partial charge is 0.495 e. The number of carbonyl (C=O) groups excluding carboxylic acids is 1. The number of carbonyl (C=O) groups is 1. The molecule has 0 atom stereocenters. The number of nitrogens with zero attached hydrogens (tertiary/aromatic N) is 3. The van der Waals surface area contributed by atoms with Gasteiger partial charge in [-0.2, -0.15) is 9.78 Å². The van der Waals surface area contributed by atoms with Crippen LogP contribution in [0.25, 0.3) is 16.9 Å². The van der Waals surface area contributed by atoms with Gasteiger partial charge in [0.2, 0.25) is 0 Å². The van der Waals surface area contributed by atoms with Crippen LogP contribution in [0.5, 0.6) is 5.75 Å². The summed E-state index contributed by atoms with van der Waals surface area (Å²) in [4.78, 5) is 26.0. The Morgan fingerprint density at radius 1 is 1.10 bits per heavy atom. The number of fused-ring (bicyclic) bond motifs is 1. The Morgan fingerprint density at radius 3 is 2.59 bits per heavy atom. The molecule has 2 aliphatic heterocycles. The van der Waals surface area contributed by atoms with Gasteiger partial charge in [-0.25, -0.2) is 0 Å². The normalized spacial score (nSPS) is 10.9. The molecule has 2 aromatic rings. The van der Waals surface area contributed by atoms with E-state index in [0.717, 1.165) is 5.56 Å². The standard InChI is InChI=1S/C22H20N4O3/c1-14-9-10-19(29-3)18(11-14)23-21(27)16-12-25(2)13-17-20(16)24-26(22(17)28)15-7-5-4-6-8-15/h4-13H,1-3H3,(H,23,27). The topological polar surface area (TPSA) is 78.1 Å². The number of hydrogen-bond acceptors (Lipinski definition) is 4. The van der Waals surface area contributed by atoms with Crippen LogP contribution in [0.2, 0.25) is 0 Å². The summed E-state index contributed by atoms with van der Waals surface area (Å²) >= 11 is 0. The summed E-state index contributed by atoms with van der Waals surface area (Å²) in [6, 6.07) is 14.7. The lowest BCUT2D eigenvalue weighted by molar-refractivity contribution is 0.102. The molecule has 1 N–H and O–H groups in total. The molecule has 0 saturated heterocycles. The summed E-state index contributed by atoms with van der Waals surface area (Å²) in [5.74, 6) is 0.188. The maximum absolute atomic E-state index is 13.1. The maximum atomic E-state index is 13.1. The Labute approximate surface area is 167 Å². The molecule has 0 fully saturated rings. The zero-order valence-corrected chi connectivity index (χ0v) is 16.3. The van der Waals surface area contributed by atoms with Crippen LogP contribution >= 0.6 is 0 Å². The first-order valence-electron chi connectivity index (χ1n) is 9.08. The van der Waals surface area contributed by atoms with Crippen LogP contribution in [0, 0.1) is 6.92 Å². The first kappa shape index (κ1) is 18.5. The number of amides is 1. The number of hydrogen-bond donors (Lipinski definition) is 1. The summed E-state index contributed by atoms with van der Waals surface area (Å²) in [5, 5.41) is 7.32. The molecule has 1 amide bonds. The summed E-state index contributed by atoms with van der Waals surface area (Å²) in [5.41, 5.74) is 2.94. The van der Waals surface area contributed by atoms with Crippen molar-refractivity contribution in [2.75, 3.05) is 12.4 Å². The van der Waals surface area contributed by atoms with Gasteiger partial charge >= 0.3 is 0 Å². The predicted octanol–water partition coefficient (Wildman–Crippen LogP) is 3.25. The molecule has 2 aromatic carbocycles. The maximum Gasteiger partial charge on any atom is 0.282 e. The predicted molar refractivity (Wildman–Crippen MR) is 111 cm³/mol. The quantitative estimate of drug-likeness (QED) is 0.582. The van der Waals surface area contributed by atoms with E-state index in [1.54, 1.807) is 49.3 Å². The van der Waals surface area contributed by atoms with E-state index in [2.05, 4.69) is 10.4 Å².